The fourth-order valence-corrected chi connectivity index (χ4v) is 3.34. The van der Waals surface area contributed by atoms with Crippen molar-refractivity contribution in [2.75, 3.05) is 13.7 Å². The lowest BCUT2D eigenvalue weighted by Gasteiger charge is -2.39. The van der Waals surface area contributed by atoms with E-state index in [0.29, 0.717) is 5.69 Å². The molecule has 0 aliphatic carbocycles. The Bertz CT molecular complexity index is 975. The summed E-state index contributed by atoms with van der Waals surface area (Å²) in [4.78, 5) is 0. The number of aromatic nitrogens is 3. The van der Waals surface area contributed by atoms with E-state index in [-0.39, 0.29) is 0 Å². The van der Waals surface area contributed by atoms with Gasteiger partial charge in [-0.2, -0.15) is 0 Å². The van der Waals surface area contributed by atoms with Crippen molar-refractivity contribution in [3.63, 3.8) is 0 Å². The minimum atomic E-state index is -1.47. The first-order valence-electron chi connectivity index (χ1n) is 8.82. The Kier molecular flexibility index (Phi) is 5.00. The highest BCUT2D eigenvalue weighted by atomic mass is 16.6. The highest BCUT2D eigenvalue weighted by molar-refractivity contribution is 5.87. The van der Waals surface area contributed by atoms with E-state index in [2.05, 4.69) is 10.3 Å². The summed E-state index contributed by atoms with van der Waals surface area (Å²) in [5.74, 6) is 0.772. The predicted molar refractivity (Wildman–Crippen MR) is 98.5 cm³/mol. The van der Waals surface area contributed by atoms with Crippen LogP contribution < -0.4 is 4.74 Å². The van der Waals surface area contributed by atoms with E-state index in [1.54, 1.807) is 13.3 Å². The van der Waals surface area contributed by atoms with Gasteiger partial charge in [0.05, 0.1) is 19.9 Å². The number of methoxy groups -OCH3 is 1. The Labute approximate surface area is 160 Å². The second-order valence-electron chi connectivity index (χ2n) is 6.73. The van der Waals surface area contributed by atoms with Gasteiger partial charge in [0.1, 0.15) is 35.9 Å². The number of benzene rings is 2. The first-order valence-corrected chi connectivity index (χ1v) is 8.82. The molecule has 4 rings (SSSR count). The molecule has 0 radical (unpaired) electrons. The molecular weight excluding hydrogens is 366 g/mol. The molecule has 3 aromatic rings. The lowest BCUT2D eigenvalue weighted by atomic mass is 9.98. The van der Waals surface area contributed by atoms with Gasteiger partial charge in [0.25, 0.3) is 0 Å². The zero-order valence-electron chi connectivity index (χ0n) is 15.1. The third-order valence-corrected chi connectivity index (χ3v) is 4.98. The molecule has 2 heterocycles. The average molecular weight is 387 g/mol. The van der Waals surface area contributed by atoms with Crippen molar-refractivity contribution < 1.29 is 29.9 Å². The first-order chi connectivity index (χ1) is 13.5. The number of aliphatic hydroxyl groups excluding tert-OH is 4. The summed E-state index contributed by atoms with van der Waals surface area (Å²) < 4.78 is 12.0. The van der Waals surface area contributed by atoms with E-state index in [9.17, 15) is 20.4 Å². The topological polar surface area (TPSA) is 130 Å². The van der Waals surface area contributed by atoms with Gasteiger partial charge in [-0.1, -0.05) is 23.4 Å². The van der Waals surface area contributed by atoms with Gasteiger partial charge < -0.3 is 29.9 Å². The van der Waals surface area contributed by atoms with Gasteiger partial charge in [-0.3, -0.25) is 0 Å². The maximum atomic E-state index is 10.2. The van der Waals surface area contributed by atoms with Crippen LogP contribution in [0.2, 0.25) is 0 Å². The summed E-state index contributed by atoms with van der Waals surface area (Å²) in [6, 6.07) is 11.5. The second-order valence-corrected chi connectivity index (χ2v) is 6.73. The summed E-state index contributed by atoms with van der Waals surface area (Å²) in [6.45, 7) is -0.503. The maximum Gasteiger partial charge on any atom is 0.180 e. The van der Waals surface area contributed by atoms with Gasteiger partial charge >= 0.3 is 0 Å². The van der Waals surface area contributed by atoms with E-state index in [1.165, 1.54) is 4.68 Å². The molecule has 28 heavy (non-hydrogen) atoms. The minimum Gasteiger partial charge on any atom is -0.497 e. The summed E-state index contributed by atoms with van der Waals surface area (Å²) >= 11 is 0. The number of hydrogen-bond acceptors (Lipinski definition) is 8. The van der Waals surface area contributed by atoms with Gasteiger partial charge in [-0.05, 0) is 29.0 Å². The number of fused-ring (bicyclic) bond motifs is 1. The number of ether oxygens (including phenoxy) is 2. The lowest BCUT2D eigenvalue weighted by Crippen LogP contribution is -2.56. The number of aliphatic hydroxyl groups is 4. The van der Waals surface area contributed by atoms with Crippen LogP contribution in [0.25, 0.3) is 22.0 Å². The van der Waals surface area contributed by atoms with Crippen molar-refractivity contribution in [1.29, 1.82) is 0 Å². The third-order valence-electron chi connectivity index (χ3n) is 4.98. The summed E-state index contributed by atoms with van der Waals surface area (Å²) in [7, 11) is 1.62. The monoisotopic (exact) mass is 387 g/mol. The zero-order chi connectivity index (χ0) is 19.8. The fraction of sp³-hybridized carbons (Fsp3) is 0.368. The fourth-order valence-electron chi connectivity index (χ4n) is 3.34. The van der Waals surface area contributed by atoms with E-state index in [4.69, 9.17) is 9.47 Å². The minimum absolute atomic E-state index is 0.503. The molecule has 9 heteroatoms. The molecule has 0 unspecified atom stereocenters. The molecule has 5 atom stereocenters. The van der Waals surface area contributed by atoms with Gasteiger partial charge in [0.2, 0.25) is 0 Å². The van der Waals surface area contributed by atoms with Crippen LogP contribution in [0.15, 0.2) is 42.6 Å². The van der Waals surface area contributed by atoms with Crippen molar-refractivity contribution in [3.05, 3.63) is 42.6 Å². The SMILES string of the molecule is COc1ccc2cc(-c3cn([C@@H]4O[C@H](CO)[C@@H](O)[C@H](O)[C@H]4O)nn3)ccc2c1. The predicted octanol–water partition coefficient (Wildman–Crippen LogP) is 0.0793. The third kappa shape index (κ3) is 3.23. The van der Waals surface area contributed by atoms with Gasteiger partial charge in [0, 0.05) is 5.56 Å². The smallest absolute Gasteiger partial charge is 0.180 e. The molecule has 148 valence electrons. The van der Waals surface area contributed by atoms with Gasteiger partial charge in [0.15, 0.2) is 6.23 Å². The summed E-state index contributed by atoms with van der Waals surface area (Å²) in [6.07, 6.45) is -4.82. The second kappa shape index (κ2) is 7.46. The molecule has 9 nitrogen and oxygen atoms in total. The van der Waals surface area contributed by atoms with Crippen LogP contribution in [0.4, 0.5) is 0 Å². The van der Waals surface area contributed by atoms with Crippen LogP contribution in [0.3, 0.4) is 0 Å². The van der Waals surface area contributed by atoms with E-state index < -0.39 is 37.3 Å². The van der Waals surface area contributed by atoms with Crippen LogP contribution in [0.1, 0.15) is 6.23 Å². The molecule has 1 saturated heterocycles. The van der Waals surface area contributed by atoms with Crippen molar-refractivity contribution in [2.24, 2.45) is 0 Å². The zero-order valence-corrected chi connectivity index (χ0v) is 15.1. The summed E-state index contributed by atoms with van der Waals surface area (Å²) in [5, 5.41) is 49.5. The van der Waals surface area contributed by atoms with E-state index in [1.807, 2.05) is 36.4 Å². The van der Waals surface area contributed by atoms with Crippen molar-refractivity contribution in [1.82, 2.24) is 15.0 Å². The first kappa shape index (κ1) is 18.8. The molecule has 2 aromatic carbocycles. The van der Waals surface area contributed by atoms with Crippen LogP contribution in [-0.4, -0.2) is 73.6 Å². The Morgan fingerprint density at radius 1 is 1.04 bits per heavy atom. The van der Waals surface area contributed by atoms with Crippen molar-refractivity contribution in [3.8, 4) is 17.0 Å². The number of nitrogens with zero attached hydrogens (tertiary/aromatic N) is 3. The Morgan fingerprint density at radius 2 is 1.79 bits per heavy atom. The normalized spacial score (nSPS) is 27.8. The van der Waals surface area contributed by atoms with Gasteiger partial charge in [-0.25, -0.2) is 4.68 Å². The Balaban J connectivity index is 1.63. The van der Waals surface area contributed by atoms with Crippen LogP contribution >= 0.6 is 0 Å². The average Bonchev–Trinajstić information content (AvgIpc) is 3.21. The summed E-state index contributed by atoms with van der Waals surface area (Å²) in [5.41, 5.74) is 1.36. The highest BCUT2D eigenvalue weighted by Gasteiger charge is 2.44. The van der Waals surface area contributed by atoms with Crippen LogP contribution in [0.5, 0.6) is 5.75 Å². The number of rotatable bonds is 4. The molecule has 0 spiro atoms. The molecule has 4 N–H and O–H groups in total. The maximum absolute atomic E-state index is 10.2. The molecule has 1 aromatic heterocycles. The Morgan fingerprint density at radius 3 is 2.54 bits per heavy atom. The van der Waals surface area contributed by atoms with Gasteiger partial charge in [-0.15, -0.1) is 5.10 Å². The largest absolute Gasteiger partial charge is 0.497 e. The molecule has 0 bridgehead atoms. The molecule has 0 amide bonds. The van der Waals surface area contributed by atoms with Crippen molar-refractivity contribution >= 4 is 10.8 Å². The molecule has 1 aliphatic heterocycles. The van der Waals surface area contributed by atoms with E-state index in [0.717, 1.165) is 22.1 Å². The van der Waals surface area contributed by atoms with Crippen LogP contribution in [0, 0.1) is 0 Å². The standard InChI is InChI=1S/C19H21N3O6/c1-27-13-5-4-10-6-12(3-2-11(10)7-13)14-8-22(21-20-14)19-18(26)17(25)16(24)15(9-23)28-19/h2-8,15-19,23-26H,9H2,1H3/t15-,16-,17+,18-,19-/m1/s1. The van der Waals surface area contributed by atoms with E-state index >= 15 is 0 Å². The molecule has 1 aliphatic rings. The molecule has 0 saturated carbocycles. The quantitative estimate of drug-likeness (QED) is 0.495. The molecule has 1 fully saturated rings. The lowest BCUT2D eigenvalue weighted by molar-refractivity contribution is -0.254. The highest BCUT2D eigenvalue weighted by Crippen LogP contribution is 2.30. The molecular formula is C19H21N3O6. The Hall–Kier alpha value is -2.56. The van der Waals surface area contributed by atoms with Crippen molar-refractivity contribution in [2.45, 2.75) is 30.6 Å². The number of hydrogen-bond donors (Lipinski definition) is 4. The van der Waals surface area contributed by atoms with Crippen LogP contribution in [-0.2, 0) is 4.74 Å².